The van der Waals surface area contributed by atoms with Crippen LogP contribution in [-0.4, -0.2) is 52.1 Å². The molecule has 0 aliphatic carbocycles. The number of hydrogen-bond acceptors (Lipinski definition) is 4. The van der Waals surface area contributed by atoms with Crippen LogP contribution in [0.25, 0.3) is 16.9 Å². The number of amides is 1. The first kappa shape index (κ1) is 22.3. The van der Waals surface area contributed by atoms with Crippen molar-refractivity contribution in [3.63, 3.8) is 0 Å². The highest BCUT2D eigenvalue weighted by Crippen LogP contribution is 2.21. The van der Waals surface area contributed by atoms with Gasteiger partial charge in [0, 0.05) is 24.6 Å². The van der Waals surface area contributed by atoms with Crippen LogP contribution in [0, 0.1) is 0 Å². The quantitative estimate of drug-likeness (QED) is 0.430. The molecule has 6 nitrogen and oxygen atoms in total. The van der Waals surface area contributed by atoms with E-state index in [1.165, 1.54) is 50.0 Å². The standard InChI is InChI=1S/C28H31N5O/c1-29-28(34)24-15-13-23(14-16-24)25-7-4-8-27-30-26(31-33(25)27)20-22-11-9-21(10-12-22)6-5-19-32-17-2-3-18-32/h4,7-16H,2-3,5-6,17-20H2,1H3,(H,29,34). The largest absolute Gasteiger partial charge is 0.355 e. The number of pyridine rings is 1. The summed E-state index contributed by atoms with van der Waals surface area (Å²) in [6, 6.07) is 22.4. The van der Waals surface area contributed by atoms with Crippen LogP contribution in [0.5, 0.6) is 0 Å². The van der Waals surface area contributed by atoms with E-state index in [0.717, 1.165) is 29.1 Å². The van der Waals surface area contributed by atoms with Crippen LogP contribution in [0.15, 0.2) is 66.7 Å². The van der Waals surface area contributed by atoms with E-state index in [1.807, 2.05) is 47.0 Å². The molecule has 1 N–H and O–H groups in total. The second-order valence-corrected chi connectivity index (χ2v) is 9.01. The first-order valence-electron chi connectivity index (χ1n) is 12.2. The lowest BCUT2D eigenvalue weighted by Crippen LogP contribution is -2.20. The van der Waals surface area contributed by atoms with E-state index < -0.39 is 0 Å². The maximum Gasteiger partial charge on any atom is 0.251 e. The van der Waals surface area contributed by atoms with Gasteiger partial charge in [0.2, 0.25) is 0 Å². The molecule has 174 valence electrons. The van der Waals surface area contributed by atoms with Gasteiger partial charge in [0.15, 0.2) is 11.5 Å². The van der Waals surface area contributed by atoms with Crippen molar-refractivity contribution >= 4 is 11.6 Å². The van der Waals surface area contributed by atoms with E-state index in [4.69, 9.17) is 10.1 Å². The summed E-state index contributed by atoms with van der Waals surface area (Å²) in [5.74, 6) is 0.710. The van der Waals surface area contributed by atoms with Gasteiger partial charge in [-0.05, 0) is 80.7 Å². The molecule has 1 amide bonds. The van der Waals surface area contributed by atoms with Crippen molar-refractivity contribution in [2.75, 3.05) is 26.7 Å². The summed E-state index contributed by atoms with van der Waals surface area (Å²) in [5, 5.41) is 7.45. The second-order valence-electron chi connectivity index (χ2n) is 9.01. The maximum absolute atomic E-state index is 11.8. The number of aromatic nitrogens is 3. The number of nitrogens with zero attached hydrogens (tertiary/aromatic N) is 4. The van der Waals surface area contributed by atoms with Crippen LogP contribution < -0.4 is 5.32 Å². The Balaban J connectivity index is 1.27. The lowest BCUT2D eigenvalue weighted by Gasteiger charge is -2.13. The highest BCUT2D eigenvalue weighted by atomic mass is 16.1. The van der Waals surface area contributed by atoms with Crippen molar-refractivity contribution in [3.05, 3.63) is 89.2 Å². The number of aryl methyl sites for hydroxylation is 1. The Morgan fingerprint density at radius 3 is 2.41 bits per heavy atom. The zero-order valence-corrected chi connectivity index (χ0v) is 19.7. The molecule has 6 heteroatoms. The Hall–Kier alpha value is -3.51. The van der Waals surface area contributed by atoms with Gasteiger partial charge in [-0.1, -0.05) is 42.5 Å². The van der Waals surface area contributed by atoms with Gasteiger partial charge < -0.3 is 10.2 Å². The molecule has 0 radical (unpaired) electrons. The van der Waals surface area contributed by atoms with Crippen LogP contribution in [0.4, 0.5) is 0 Å². The molecular formula is C28H31N5O. The molecule has 2 aromatic heterocycles. The van der Waals surface area contributed by atoms with Crippen LogP contribution in [0.3, 0.4) is 0 Å². The molecule has 1 saturated heterocycles. The Kier molecular flexibility index (Phi) is 6.67. The molecule has 4 aromatic rings. The molecule has 2 aromatic carbocycles. The van der Waals surface area contributed by atoms with Gasteiger partial charge in [-0.25, -0.2) is 9.50 Å². The Morgan fingerprint density at radius 2 is 1.68 bits per heavy atom. The number of likely N-dealkylation sites (tertiary alicyclic amines) is 1. The van der Waals surface area contributed by atoms with Gasteiger partial charge in [-0.15, -0.1) is 0 Å². The third kappa shape index (κ3) is 5.02. The van der Waals surface area contributed by atoms with Gasteiger partial charge in [0.05, 0.1) is 5.69 Å². The smallest absolute Gasteiger partial charge is 0.251 e. The zero-order valence-electron chi connectivity index (χ0n) is 19.7. The molecule has 0 atom stereocenters. The van der Waals surface area contributed by atoms with Gasteiger partial charge in [0.1, 0.15) is 0 Å². The van der Waals surface area contributed by atoms with E-state index in [0.29, 0.717) is 12.0 Å². The summed E-state index contributed by atoms with van der Waals surface area (Å²) in [4.78, 5) is 19.2. The predicted molar refractivity (Wildman–Crippen MR) is 135 cm³/mol. The minimum atomic E-state index is -0.0922. The fraction of sp³-hybridized carbons (Fsp3) is 0.321. The second kappa shape index (κ2) is 10.2. The molecule has 1 aliphatic heterocycles. The monoisotopic (exact) mass is 453 g/mol. The highest BCUT2D eigenvalue weighted by Gasteiger charge is 2.12. The number of nitrogens with one attached hydrogen (secondary N) is 1. The molecule has 3 heterocycles. The topological polar surface area (TPSA) is 62.5 Å². The van der Waals surface area contributed by atoms with E-state index in [2.05, 4.69) is 34.5 Å². The number of fused-ring (bicyclic) bond motifs is 1. The van der Waals surface area contributed by atoms with Crippen molar-refractivity contribution in [2.45, 2.75) is 32.1 Å². The molecule has 1 fully saturated rings. The van der Waals surface area contributed by atoms with E-state index in [-0.39, 0.29) is 5.91 Å². The summed E-state index contributed by atoms with van der Waals surface area (Å²) in [6.45, 7) is 3.76. The number of hydrogen-bond donors (Lipinski definition) is 1. The molecule has 0 bridgehead atoms. The molecule has 0 saturated carbocycles. The minimum absolute atomic E-state index is 0.0922. The van der Waals surface area contributed by atoms with Gasteiger partial charge in [-0.3, -0.25) is 4.79 Å². The van der Waals surface area contributed by atoms with Gasteiger partial charge in [-0.2, -0.15) is 5.10 Å². The number of carbonyl (C=O) groups is 1. The minimum Gasteiger partial charge on any atom is -0.355 e. The molecule has 34 heavy (non-hydrogen) atoms. The summed E-state index contributed by atoms with van der Waals surface area (Å²) in [5.41, 5.74) is 6.02. The number of rotatable bonds is 8. The van der Waals surface area contributed by atoms with Gasteiger partial charge >= 0.3 is 0 Å². The third-order valence-electron chi connectivity index (χ3n) is 6.60. The molecule has 0 unspecified atom stereocenters. The van der Waals surface area contributed by atoms with Crippen LogP contribution in [0.2, 0.25) is 0 Å². The van der Waals surface area contributed by atoms with E-state index >= 15 is 0 Å². The number of benzene rings is 2. The lowest BCUT2D eigenvalue weighted by atomic mass is 10.1. The summed E-state index contributed by atoms with van der Waals surface area (Å²) < 4.78 is 1.89. The SMILES string of the molecule is CNC(=O)c1ccc(-c2cccc3nc(Cc4ccc(CCCN5CCCC5)cc4)nn23)cc1. The first-order valence-corrected chi connectivity index (χ1v) is 12.2. The average Bonchev–Trinajstić information content (AvgIpc) is 3.54. The Bertz CT molecular complexity index is 1250. The fourth-order valence-electron chi connectivity index (χ4n) is 4.70. The molecular weight excluding hydrogens is 422 g/mol. The van der Waals surface area contributed by atoms with Crippen molar-refractivity contribution in [2.24, 2.45) is 0 Å². The van der Waals surface area contributed by atoms with E-state index in [9.17, 15) is 4.79 Å². The number of carbonyl (C=O) groups excluding carboxylic acids is 1. The van der Waals surface area contributed by atoms with Gasteiger partial charge in [0.25, 0.3) is 5.91 Å². The van der Waals surface area contributed by atoms with Crippen LogP contribution in [0.1, 0.15) is 46.6 Å². The van der Waals surface area contributed by atoms with Crippen molar-refractivity contribution in [1.82, 2.24) is 24.8 Å². The molecule has 0 spiro atoms. The van der Waals surface area contributed by atoms with Crippen molar-refractivity contribution in [3.8, 4) is 11.3 Å². The first-order chi connectivity index (χ1) is 16.7. The normalized spacial score (nSPS) is 14.0. The molecule has 5 rings (SSSR count). The molecule has 1 aliphatic rings. The summed E-state index contributed by atoms with van der Waals surface area (Å²) in [6.07, 6.45) is 5.77. The predicted octanol–water partition coefficient (Wildman–Crippen LogP) is 4.38. The zero-order chi connectivity index (χ0) is 23.3. The highest BCUT2D eigenvalue weighted by molar-refractivity contribution is 5.94. The lowest BCUT2D eigenvalue weighted by molar-refractivity contribution is 0.0963. The maximum atomic E-state index is 11.8. The summed E-state index contributed by atoms with van der Waals surface area (Å²) in [7, 11) is 1.64. The van der Waals surface area contributed by atoms with Crippen LogP contribution >= 0.6 is 0 Å². The van der Waals surface area contributed by atoms with Crippen molar-refractivity contribution < 1.29 is 4.79 Å². The Labute approximate surface area is 200 Å². The van der Waals surface area contributed by atoms with Crippen LogP contribution in [-0.2, 0) is 12.8 Å². The van der Waals surface area contributed by atoms with Crippen molar-refractivity contribution in [1.29, 1.82) is 0 Å². The summed E-state index contributed by atoms with van der Waals surface area (Å²) >= 11 is 0. The average molecular weight is 454 g/mol. The van der Waals surface area contributed by atoms with E-state index in [1.54, 1.807) is 7.05 Å². The fourth-order valence-corrected chi connectivity index (χ4v) is 4.70. The Morgan fingerprint density at radius 1 is 0.941 bits per heavy atom. The third-order valence-corrected chi connectivity index (χ3v) is 6.60.